The van der Waals surface area contributed by atoms with E-state index in [0.29, 0.717) is 12.2 Å². The second-order valence-electron chi connectivity index (χ2n) is 6.62. The van der Waals surface area contributed by atoms with Gasteiger partial charge in [0.2, 0.25) is 0 Å². The summed E-state index contributed by atoms with van der Waals surface area (Å²) in [4.78, 5) is 4.17. The second-order valence-corrected chi connectivity index (χ2v) is 7.42. The number of hydrazine groups is 1. The lowest BCUT2D eigenvalue weighted by Gasteiger charge is -2.29. The van der Waals surface area contributed by atoms with Gasteiger partial charge in [-0.25, -0.2) is 5.84 Å². The normalized spacial score (nSPS) is 11.4. The molecule has 1 heterocycles. The molecule has 1 aromatic heterocycles. The quantitative estimate of drug-likeness (QED) is 0.480. The van der Waals surface area contributed by atoms with Crippen molar-refractivity contribution < 1.29 is 4.74 Å². The number of hydrogen-bond donors (Lipinski definition) is 2. The van der Waals surface area contributed by atoms with E-state index in [1.54, 1.807) is 24.5 Å². The summed E-state index contributed by atoms with van der Waals surface area (Å²) in [6.07, 6.45) is 3.45. The summed E-state index contributed by atoms with van der Waals surface area (Å²) in [5, 5.41) is 1.68. The van der Waals surface area contributed by atoms with E-state index in [-0.39, 0.29) is 5.41 Å². The maximum Gasteiger partial charge on any atom is 0.129 e. The first-order valence-electron chi connectivity index (χ1n) is 7.33. The molecule has 0 saturated carbocycles. The summed E-state index contributed by atoms with van der Waals surface area (Å²) in [6.45, 7) is 7.09. The predicted molar refractivity (Wildman–Crippen MR) is 99.3 cm³/mol. The molecule has 0 fully saturated rings. The molecule has 124 valence electrons. The van der Waals surface area contributed by atoms with Gasteiger partial charge in [-0.15, -0.1) is 0 Å². The van der Waals surface area contributed by atoms with Gasteiger partial charge in [0, 0.05) is 30.1 Å². The number of pyridine rings is 1. The van der Waals surface area contributed by atoms with E-state index < -0.39 is 0 Å². The van der Waals surface area contributed by atoms with Crippen LogP contribution in [0.3, 0.4) is 0 Å². The topological polar surface area (TPSA) is 77.4 Å². The maximum absolute atomic E-state index is 6.30. The molecule has 2 rings (SSSR count). The van der Waals surface area contributed by atoms with Crippen LogP contribution in [0.5, 0.6) is 5.75 Å². The lowest BCUT2D eigenvalue weighted by Crippen LogP contribution is -2.38. The molecular weight excluding hydrogens is 356 g/mol. The van der Waals surface area contributed by atoms with E-state index in [2.05, 4.69) is 41.7 Å². The molecule has 23 heavy (non-hydrogen) atoms. The van der Waals surface area contributed by atoms with Gasteiger partial charge >= 0.3 is 0 Å². The number of nitrogens with two attached hydrogens (primary N) is 2. The van der Waals surface area contributed by atoms with E-state index in [1.807, 2.05) is 18.2 Å². The molecule has 0 saturated heterocycles. The first-order valence-corrected chi connectivity index (χ1v) is 8.12. The van der Waals surface area contributed by atoms with Gasteiger partial charge in [0.05, 0.1) is 23.0 Å². The van der Waals surface area contributed by atoms with Crippen LogP contribution in [-0.4, -0.2) is 18.6 Å². The van der Waals surface area contributed by atoms with Crippen molar-refractivity contribution in [3.8, 4) is 16.9 Å². The molecule has 0 aliphatic carbocycles. The third kappa shape index (κ3) is 3.95. The summed E-state index contributed by atoms with van der Waals surface area (Å²) in [5.74, 6) is 6.93. The van der Waals surface area contributed by atoms with Gasteiger partial charge in [0.25, 0.3) is 0 Å². The minimum atomic E-state index is 0.0684. The molecule has 6 heteroatoms. The molecule has 0 amide bonds. The fourth-order valence-corrected chi connectivity index (χ4v) is 2.95. The van der Waals surface area contributed by atoms with Crippen molar-refractivity contribution in [2.24, 2.45) is 11.3 Å². The largest absolute Gasteiger partial charge is 0.496 e. The van der Waals surface area contributed by atoms with Crippen LogP contribution in [0.4, 0.5) is 11.4 Å². The molecule has 0 unspecified atom stereocenters. The number of nitrogen functional groups attached to an aromatic ring is 1. The average Bonchev–Trinajstić information content (AvgIpc) is 2.48. The van der Waals surface area contributed by atoms with E-state index in [4.69, 9.17) is 16.3 Å². The maximum atomic E-state index is 6.30. The highest BCUT2D eigenvalue weighted by molar-refractivity contribution is 9.10. The Morgan fingerprint density at radius 2 is 1.91 bits per heavy atom. The van der Waals surface area contributed by atoms with Crippen LogP contribution in [0.1, 0.15) is 20.8 Å². The summed E-state index contributed by atoms with van der Waals surface area (Å²) in [6, 6.07) is 5.71. The van der Waals surface area contributed by atoms with Crippen LogP contribution >= 0.6 is 15.9 Å². The zero-order chi connectivity index (χ0) is 17.2. The summed E-state index contributed by atoms with van der Waals surface area (Å²) < 4.78 is 6.18. The van der Waals surface area contributed by atoms with Crippen LogP contribution in [0.25, 0.3) is 11.1 Å². The molecule has 0 aliphatic rings. The molecule has 1 aromatic carbocycles. The molecule has 4 N–H and O–H groups in total. The summed E-state index contributed by atoms with van der Waals surface area (Å²) in [5.41, 5.74) is 9.55. The van der Waals surface area contributed by atoms with E-state index >= 15 is 0 Å². The highest BCUT2D eigenvalue weighted by atomic mass is 79.9. The van der Waals surface area contributed by atoms with Crippen molar-refractivity contribution in [2.45, 2.75) is 20.8 Å². The molecule has 2 aromatic rings. The standard InChI is InChI=1S/C17H23BrN4O/c1-17(2,3)10-22(20)13-6-5-11(15(18)16(13)19)12-9-21-8-7-14(12)23-4/h5-9H,10,19-20H2,1-4H3. The Morgan fingerprint density at radius 1 is 1.22 bits per heavy atom. The van der Waals surface area contributed by atoms with E-state index in [1.165, 1.54) is 0 Å². The summed E-state index contributed by atoms with van der Waals surface area (Å²) >= 11 is 3.59. The molecule has 0 spiro atoms. The minimum Gasteiger partial charge on any atom is -0.496 e. The van der Waals surface area contributed by atoms with Crippen molar-refractivity contribution in [1.82, 2.24) is 4.98 Å². The monoisotopic (exact) mass is 378 g/mol. The average molecular weight is 379 g/mol. The van der Waals surface area contributed by atoms with Crippen LogP contribution in [0, 0.1) is 5.41 Å². The van der Waals surface area contributed by atoms with Crippen molar-refractivity contribution in [3.05, 3.63) is 35.1 Å². The molecular formula is C17H23BrN4O. The third-order valence-corrected chi connectivity index (χ3v) is 4.26. The highest BCUT2D eigenvalue weighted by Gasteiger charge is 2.19. The summed E-state index contributed by atoms with van der Waals surface area (Å²) in [7, 11) is 1.63. The van der Waals surface area contributed by atoms with Gasteiger partial charge in [-0.3, -0.25) is 4.98 Å². The van der Waals surface area contributed by atoms with Gasteiger partial charge in [-0.2, -0.15) is 0 Å². The lowest BCUT2D eigenvalue weighted by molar-refractivity contribution is 0.412. The molecule has 0 radical (unpaired) electrons. The molecule has 0 atom stereocenters. The number of halogens is 1. The SMILES string of the molecule is COc1ccncc1-c1ccc(N(N)CC(C)(C)C)c(N)c1Br. The zero-order valence-corrected chi connectivity index (χ0v) is 15.5. The van der Waals surface area contributed by atoms with Crippen molar-refractivity contribution >= 4 is 27.3 Å². The van der Waals surface area contributed by atoms with Crippen LogP contribution in [0.15, 0.2) is 35.1 Å². The molecule has 0 aliphatic heterocycles. The number of benzene rings is 1. The number of methoxy groups -OCH3 is 1. The highest BCUT2D eigenvalue weighted by Crippen LogP contribution is 2.41. The van der Waals surface area contributed by atoms with Crippen molar-refractivity contribution in [3.63, 3.8) is 0 Å². The van der Waals surface area contributed by atoms with Gasteiger partial charge in [-0.1, -0.05) is 26.8 Å². The predicted octanol–water partition coefficient (Wildman–Crippen LogP) is 3.83. The number of nitrogens with zero attached hydrogens (tertiary/aromatic N) is 2. The van der Waals surface area contributed by atoms with Crippen LogP contribution < -0.4 is 21.3 Å². The molecule has 0 bridgehead atoms. The Bertz CT molecular complexity index is 697. The van der Waals surface area contributed by atoms with Crippen molar-refractivity contribution in [1.29, 1.82) is 0 Å². The van der Waals surface area contributed by atoms with Gasteiger partial charge < -0.3 is 15.5 Å². The van der Waals surface area contributed by atoms with Gasteiger partial charge in [0.15, 0.2) is 0 Å². The second kappa shape index (κ2) is 6.76. The van der Waals surface area contributed by atoms with Crippen molar-refractivity contribution in [2.75, 3.05) is 24.4 Å². The Hall–Kier alpha value is -1.79. The smallest absolute Gasteiger partial charge is 0.129 e. The minimum absolute atomic E-state index is 0.0684. The molecule has 5 nitrogen and oxygen atoms in total. The van der Waals surface area contributed by atoms with Crippen LogP contribution in [0.2, 0.25) is 0 Å². The Kier molecular flexibility index (Phi) is 5.16. The number of anilines is 2. The lowest BCUT2D eigenvalue weighted by atomic mass is 9.96. The third-order valence-electron chi connectivity index (χ3n) is 3.40. The first-order chi connectivity index (χ1) is 10.7. The number of ether oxygens (including phenoxy) is 1. The van der Waals surface area contributed by atoms with Gasteiger partial charge in [-0.05, 0) is 33.5 Å². The zero-order valence-electron chi connectivity index (χ0n) is 13.9. The number of hydrogen-bond acceptors (Lipinski definition) is 5. The number of aromatic nitrogens is 1. The fraction of sp³-hybridized carbons (Fsp3) is 0.353. The van der Waals surface area contributed by atoms with E-state index in [9.17, 15) is 0 Å². The Morgan fingerprint density at radius 3 is 2.52 bits per heavy atom. The van der Waals surface area contributed by atoms with Gasteiger partial charge in [0.1, 0.15) is 5.75 Å². The Balaban J connectivity index is 2.46. The fourth-order valence-electron chi connectivity index (χ4n) is 2.40. The first kappa shape index (κ1) is 17.6. The van der Waals surface area contributed by atoms with Crippen LogP contribution in [-0.2, 0) is 0 Å². The van der Waals surface area contributed by atoms with E-state index in [0.717, 1.165) is 27.0 Å². The number of rotatable bonds is 4. The Labute approximate surface area is 145 Å².